The summed E-state index contributed by atoms with van der Waals surface area (Å²) in [4.78, 5) is 31.1. The molecule has 0 radical (unpaired) electrons. The van der Waals surface area contributed by atoms with E-state index in [1.165, 1.54) is 16.8 Å². The highest BCUT2D eigenvalue weighted by Crippen LogP contribution is 2.32. The summed E-state index contributed by atoms with van der Waals surface area (Å²) in [6.45, 7) is 3.40. The number of carbonyl (C=O) groups excluding carboxylic acids is 1. The molecule has 0 aliphatic rings. The summed E-state index contributed by atoms with van der Waals surface area (Å²) in [6, 6.07) is 20.2. The molecule has 0 fully saturated rings. The van der Waals surface area contributed by atoms with Crippen LogP contribution in [0.25, 0.3) is 16.6 Å². The second-order valence-electron chi connectivity index (χ2n) is 9.50. The number of carbonyl (C=O) groups is 1. The molecule has 0 unspecified atom stereocenters. The van der Waals surface area contributed by atoms with Gasteiger partial charge in [0, 0.05) is 23.7 Å². The lowest BCUT2D eigenvalue weighted by Crippen LogP contribution is -2.26. The van der Waals surface area contributed by atoms with E-state index in [9.17, 15) is 14.7 Å². The Morgan fingerprint density at radius 2 is 1.82 bits per heavy atom. The van der Waals surface area contributed by atoms with Crippen molar-refractivity contribution in [1.82, 2.24) is 14.3 Å². The van der Waals surface area contributed by atoms with E-state index >= 15 is 4.39 Å². The van der Waals surface area contributed by atoms with E-state index < -0.39 is 23.3 Å². The largest absolute Gasteiger partial charge is 0.497 e. The number of halogens is 1. The molecule has 1 N–H and O–H groups in total. The first-order valence-electron chi connectivity index (χ1n) is 12.7. The minimum absolute atomic E-state index is 0.00226. The summed E-state index contributed by atoms with van der Waals surface area (Å²) < 4.78 is 29.3. The van der Waals surface area contributed by atoms with Crippen LogP contribution in [-0.2, 0) is 13.0 Å². The Morgan fingerprint density at radius 1 is 1.05 bits per heavy atom. The van der Waals surface area contributed by atoms with Crippen molar-refractivity contribution in [2.24, 2.45) is 0 Å². The van der Waals surface area contributed by atoms with Crippen LogP contribution in [0.3, 0.4) is 0 Å². The fourth-order valence-electron chi connectivity index (χ4n) is 4.71. The molecule has 0 aliphatic heterocycles. The number of nitrogens with zero attached hydrogens (tertiary/aromatic N) is 3. The molecule has 5 rings (SSSR count). The molecule has 9 heteroatoms. The van der Waals surface area contributed by atoms with Crippen LogP contribution >= 0.6 is 0 Å². The normalized spacial score (nSPS) is 11.9. The quantitative estimate of drug-likeness (QED) is 0.257. The topological polar surface area (TPSA) is 95.6 Å². The molecular formula is C31H28FN3O5. The molecule has 0 saturated carbocycles. The summed E-state index contributed by atoms with van der Waals surface area (Å²) >= 11 is 0. The number of ether oxygens (including phenoxy) is 2. The second kappa shape index (κ2) is 11.2. The van der Waals surface area contributed by atoms with Crippen LogP contribution < -0.4 is 15.0 Å². The van der Waals surface area contributed by atoms with Crippen molar-refractivity contribution < 1.29 is 23.8 Å². The Morgan fingerprint density at radius 3 is 2.52 bits per heavy atom. The van der Waals surface area contributed by atoms with Gasteiger partial charge in [-0.2, -0.15) is 0 Å². The zero-order valence-electron chi connectivity index (χ0n) is 22.3. The third-order valence-electron chi connectivity index (χ3n) is 6.60. The summed E-state index contributed by atoms with van der Waals surface area (Å²) in [5, 5.41) is 10.7. The van der Waals surface area contributed by atoms with Crippen LogP contribution in [0.2, 0.25) is 0 Å². The minimum Gasteiger partial charge on any atom is -0.497 e. The number of Topliss-reactive ketones (excluding diaryl/α,β-unsaturated/α-hetero) is 1. The number of para-hydroxylation sites is 1. The fraction of sp³-hybridized carbons (Fsp3) is 0.194. The molecule has 0 amide bonds. The molecule has 0 saturated heterocycles. The first kappa shape index (κ1) is 26.8. The molecule has 2 heterocycles. The number of methoxy groups -OCH3 is 1. The van der Waals surface area contributed by atoms with E-state index in [0.717, 1.165) is 0 Å². The number of fused-ring (bicyclic) bond motifs is 1. The third-order valence-corrected chi connectivity index (χ3v) is 6.60. The van der Waals surface area contributed by atoms with E-state index in [1.54, 1.807) is 86.4 Å². The number of rotatable bonds is 9. The maximum Gasteiger partial charge on any atom is 0.282 e. The average molecular weight is 542 g/mol. The molecule has 3 aromatic carbocycles. The first-order chi connectivity index (χ1) is 19.3. The van der Waals surface area contributed by atoms with Crippen molar-refractivity contribution >= 4 is 16.7 Å². The summed E-state index contributed by atoms with van der Waals surface area (Å²) in [5.41, 5.74) is 1.57. The summed E-state index contributed by atoms with van der Waals surface area (Å²) in [6.07, 6.45) is 0.642. The van der Waals surface area contributed by atoms with Crippen molar-refractivity contribution in [3.63, 3.8) is 0 Å². The predicted molar refractivity (Wildman–Crippen MR) is 149 cm³/mol. The van der Waals surface area contributed by atoms with Gasteiger partial charge < -0.3 is 14.6 Å². The number of hydrogen-bond acceptors (Lipinski definition) is 6. The van der Waals surface area contributed by atoms with E-state index in [4.69, 9.17) is 9.47 Å². The van der Waals surface area contributed by atoms with E-state index in [1.807, 2.05) is 6.07 Å². The molecule has 2 aromatic heterocycles. The number of aliphatic hydroxyl groups is 1. The molecule has 0 bridgehead atoms. The van der Waals surface area contributed by atoms with Gasteiger partial charge in [0.1, 0.15) is 17.1 Å². The number of benzene rings is 3. The number of hydrogen-bond donors (Lipinski definition) is 1. The highest BCUT2D eigenvalue weighted by Gasteiger charge is 2.24. The standard InChI is InChI=1S/C31H28FN3O5/c1-19(36)18-34-20(2)30(31(38)35(34)22-7-5-4-6-8-22)27(37)16-21-9-12-29(25(32)15-21)40-28-13-14-33-26-11-10-23(39-3)17-24(26)28/h4-15,17,19,36H,16,18H2,1-3H3/t19-/m0/s1. The van der Waals surface area contributed by atoms with Gasteiger partial charge in [-0.1, -0.05) is 24.3 Å². The molecule has 5 aromatic rings. The van der Waals surface area contributed by atoms with E-state index in [0.29, 0.717) is 39.3 Å². The third kappa shape index (κ3) is 5.23. The Hall–Kier alpha value is -4.76. The molecule has 204 valence electrons. The van der Waals surface area contributed by atoms with Gasteiger partial charge in [0.15, 0.2) is 17.3 Å². The van der Waals surface area contributed by atoms with Gasteiger partial charge in [0.25, 0.3) is 5.56 Å². The van der Waals surface area contributed by atoms with Gasteiger partial charge in [0.05, 0.1) is 31.0 Å². The molecule has 1 atom stereocenters. The van der Waals surface area contributed by atoms with Crippen LogP contribution in [0.4, 0.5) is 4.39 Å². The zero-order valence-corrected chi connectivity index (χ0v) is 22.3. The minimum atomic E-state index is -0.747. The highest BCUT2D eigenvalue weighted by atomic mass is 19.1. The molecule has 0 aliphatic carbocycles. The lowest BCUT2D eigenvalue weighted by Gasteiger charge is -2.15. The summed E-state index contributed by atoms with van der Waals surface area (Å²) in [7, 11) is 1.55. The van der Waals surface area contributed by atoms with E-state index in [2.05, 4.69) is 4.98 Å². The molecule has 40 heavy (non-hydrogen) atoms. The van der Waals surface area contributed by atoms with Gasteiger partial charge in [0.2, 0.25) is 0 Å². The van der Waals surface area contributed by atoms with Crippen LogP contribution in [0.5, 0.6) is 17.2 Å². The van der Waals surface area contributed by atoms with Crippen molar-refractivity contribution in [3.8, 4) is 22.9 Å². The maximum absolute atomic E-state index is 15.2. The Bertz CT molecular complexity index is 1760. The molecular weight excluding hydrogens is 513 g/mol. The van der Waals surface area contributed by atoms with Crippen LogP contribution in [-0.4, -0.2) is 38.5 Å². The highest BCUT2D eigenvalue weighted by molar-refractivity contribution is 5.98. The number of pyridine rings is 1. The fourth-order valence-corrected chi connectivity index (χ4v) is 4.71. The van der Waals surface area contributed by atoms with Gasteiger partial charge in [-0.15, -0.1) is 0 Å². The van der Waals surface area contributed by atoms with Crippen LogP contribution in [0.1, 0.15) is 28.5 Å². The SMILES string of the molecule is COc1ccc2nccc(Oc3ccc(CC(=O)c4c(C)n(C[C@H](C)O)n(-c5ccccc5)c4=O)cc3F)c2c1. The number of aliphatic hydroxyl groups excluding tert-OH is 1. The van der Waals surface area contributed by atoms with Crippen molar-refractivity contribution in [2.45, 2.75) is 32.9 Å². The number of aromatic nitrogens is 3. The van der Waals surface area contributed by atoms with E-state index in [-0.39, 0.29) is 24.3 Å². The maximum atomic E-state index is 15.2. The van der Waals surface area contributed by atoms with Crippen LogP contribution in [0.15, 0.2) is 83.8 Å². The molecule has 8 nitrogen and oxygen atoms in total. The van der Waals surface area contributed by atoms with Crippen molar-refractivity contribution in [3.05, 3.63) is 112 Å². The predicted octanol–water partition coefficient (Wildman–Crippen LogP) is 5.24. The Kier molecular flexibility index (Phi) is 7.48. The number of ketones is 1. The monoisotopic (exact) mass is 541 g/mol. The zero-order chi connectivity index (χ0) is 28.4. The van der Waals surface area contributed by atoms with Gasteiger partial charge in [-0.05, 0) is 67.9 Å². The Balaban J connectivity index is 1.43. The Labute approximate surface area is 229 Å². The lowest BCUT2D eigenvalue weighted by atomic mass is 10.0. The summed E-state index contributed by atoms with van der Waals surface area (Å²) in [5.74, 6) is -0.0935. The van der Waals surface area contributed by atoms with Crippen LogP contribution in [0, 0.1) is 12.7 Å². The smallest absolute Gasteiger partial charge is 0.282 e. The second-order valence-corrected chi connectivity index (χ2v) is 9.50. The van der Waals surface area contributed by atoms with Gasteiger partial charge in [-0.25, -0.2) is 9.07 Å². The van der Waals surface area contributed by atoms with Gasteiger partial charge >= 0.3 is 0 Å². The van der Waals surface area contributed by atoms with Crippen molar-refractivity contribution in [2.75, 3.05) is 7.11 Å². The lowest BCUT2D eigenvalue weighted by molar-refractivity contribution is 0.0990. The first-order valence-corrected chi connectivity index (χ1v) is 12.7. The van der Waals surface area contributed by atoms with Crippen molar-refractivity contribution in [1.29, 1.82) is 0 Å². The molecule has 0 spiro atoms. The van der Waals surface area contributed by atoms with Gasteiger partial charge in [-0.3, -0.25) is 19.3 Å². The average Bonchev–Trinajstić information content (AvgIpc) is 3.18.